The van der Waals surface area contributed by atoms with E-state index >= 15 is 0 Å². The number of benzene rings is 1. The molecule has 4 atom stereocenters. The number of rotatable bonds is 3. The van der Waals surface area contributed by atoms with Crippen LogP contribution < -0.4 is 0 Å². The minimum Gasteiger partial charge on any atom is -0.462 e. The molecule has 1 aromatic rings. The summed E-state index contributed by atoms with van der Waals surface area (Å²) < 4.78 is 5.37. The van der Waals surface area contributed by atoms with Crippen LogP contribution in [0, 0.1) is 12.8 Å². The minimum absolute atomic E-state index is 0.136. The Kier molecular flexibility index (Phi) is 4.34. The zero-order valence-corrected chi connectivity index (χ0v) is 13.3. The van der Waals surface area contributed by atoms with Crippen LogP contribution in [0.3, 0.4) is 0 Å². The van der Waals surface area contributed by atoms with Gasteiger partial charge in [-0.2, -0.15) is 0 Å². The second-order valence-corrected chi connectivity index (χ2v) is 6.74. The Morgan fingerprint density at radius 1 is 1.32 bits per heavy atom. The summed E-state index contributed by atoms with van der Waals surface area (Å²) in [5, 5.41) is 9.72. The number of ether oxygens (including phenoxy) is 1. The topological polar surface area (TPSA) is 46.5 Å². The standard InChI is InChI=1S/C19H24O3/c1-12-3-7-18-14(9-12)5-4-13(2)17(18)8-6-16-10-15(20)11-19(21)22-16/h3-5,7,9,13,15-17,20H,6,8,10-11H2,1-2H3/t13?,15-,16?,17?/m1/s1. The maximum Gasteiger partial charge on any atom is 0.308 e. The van der Waals surface area contributed by atoms with E-state index in [0.29, 0.717) is 18.3 Å². The fourth-order valence-corrected chi connectivity index (χ4v) is 3.67. The molecule has 3 rings (SSSR count). The Morgan fingerprint density at radius 3 is 2.91 bits per heavy atom. The first kappa shape index (κ1) is 15.3. The van der Waals surface area contributed by atoms with Gasteiger partial charge in [-0.15, -0.1) is 0 Å². The number of aliphatic hydroxyl groups is 1. The zero-order valence-electron chi connectivity index (χ0n) is 13.3. The Labute approximate surface area is 132 Å². The lowest BCUT2D eigenvalue weighted by atomic mass is 9.77. The number of carbonyl (C=O) groups excluding carboxylic acids is 1. The quantitative estimate of drug-likeness (QED) is 0.868. The smallest absolute Gasteiger partial charge is 0.308 e. The summed E-state index contributed by atoms with van der Waals surface area (Å²) in [7, 11) is 0. The fraction of sp³-hybridized carbons (Fsp3) is 0.526. The number of allylic oxidation sites excluding steroid dienone is 1. The van der Waals surface area contributed by atoms with E-state index in [1.807, 2.05) is 0 Å². The Bertz CT molecular complexity index is 590. The Hall–Kier alpha value is -1.61. The SMILES string of the molecule is Cc1ccc2c(c1)C=CC(C)C2CCC1C[C@@H](O)CC(=O)O1. The monoisotopic (exact) mass is 300 g/mol. The van der Waals surface area contributed by atoms with E-state index in [4.69, 9.17) is 4.74 Å². The van der Waals surface area contributed by atoms with Crippen molar-refractivity contribution in [2.45, 2.75) is 57.7 Å². The van der Waals surface area contributed by atoms with Gasteiger partial charge >= 0.3 is 5.97 Å². The van der Waals surface area contributed by atoms with Gasteiger partial charge in [-0.25, -0.2) is 0 Å². The van der Waals surface area contributed by atoms with Gasteiger partial charge in [0.15, 0.2) is 0 Å². The molecular weight excluding hydrogens is 276 g/mol. The van der Waals surface area contributed by atoms with Crippen LogP contribution in [0.25, 0.3) is 6.08 Å². The van der Waals surface area contributed by atoms with Gasteiger partial charge in [0.05, 0.1) is 12.5 Å². The van der Waals surface area contributed by atoms with Crippen LogP contribution in [0.15, 0.2) is 24.3 Å². The van der Waals surface area contributed by atoms with E-state index in [9.17, 15) is 9.90 Å². The summed E-state index contributed by atoms with van der Waals surface area (Å²) in [5.41, 5.74) is 3.98. The summed E-state index contributed by atoms with van der Waals surface area (Å²) in [5.74, 6) is 0.675. The molecule has 0 bridgehead atoms. The van der Waals surface area contributed by atoms with Crippen LogP contribution in [-0.4, -0.2) is 23.3 Å². The number of hydrogen-bond donors (Lipinski definition) is 1. The van der Waals surface area contributed by atoms with Crippen LogP contribution in [0.1, 0.15) is 55.2 Å². The molecule has 22 heavy (non-hydrogen) atoms. The van der Waals surface area contributed by atoms with E-state index in [2.05, 4.69) is 44.2 Å². The molecule has 0 amide bonds. The van der Waals surface area contributed by atoms with Crippen molar-refractivity contribution < 1.29 is 14.6 Å². The molecule has 0 aromatic heterocycles. The van der Waals surface area contributed by atoms with Gasteiger partial charge in [-0.1, -0.05) is 42.8 Å². The van der Waals surface area contributed by atoms with Crippen LogP contribution >= 0.6 is 0 Å². The van der Waals surface area contributed by atoms with Crippen molar-refractivity contribution in [2.75, 3.05) is 0 Å². The molecular formula is C19H24O3. The highest BCUT2D eigenvalue weighted by molar-refractivity contribution is 5.71. The highest BCUT2D eigenvalue weighted by Gasteiger charge is 2.29. The lowest BCUT2D eigenvalue weighted by Gasteiger charge is -2.31. The van der Waals surface area contributed by atoms with E-state index in [1.54, 1.807) is 0 Å². The van der Waals surface area contributed by atoms with Crippen LogP contribution in [0.5, 0.6) is 0 Å². The molecule has 2 aliphatic rings. The summed E-state index contributed by atoms with van der Waals surface area (Å²) in [6.45, 7) is 4.36. The van der Waals surface area contributed by atoms with Crippen LogP contribution in [0.2, 0.25) is 0 Å². The van der Waals surface area contributed by atoms with Crippen molar-refractivity contribution in [3.8, 4) is 0 Å². The van der Waals surface area contributed by atoms with Gasteiger partial charge in [0.1, 0.15) is 6.10 Å². The first-order valence-corrected chi connectivity index (χ1v) is 8.19. The Balaban J connectivity index is 1.70. The molecule has 3 unspecified atom stereocenters. The molecule has 1 aliphatic heterocycles. The molecule has 1 N–H and O–H groups in total. The van der Waals surface area contributed by atoms with Crippen molar-refractivity contribution in [3.05, 3.63) is 41.0 Å². The fourth-order valence-electron chi connectivity index (χ4n) is 3.67. The maximum absolute atomic E-state index is 11.4. The molecule has 1 aromatic carbocycles. The van der Waals surface area contributed by atoms with Crippen molar-refractivity contribution in [1.29, 1.82) is 0 Å². The van der Waals surface area contributed by atoms with Gasteiger partial charge < -0.3 is 9.84 Å². The van der Waals surface area contributed by atoms with Gasteiger partial charge in [0.25, 0.3) is 0 Å². The van der Waals surface area contributed by atoms with Crippen molar-refractivity contribution >= 4 is 12.0 Å². The molecule has 118 valence electrons. The van der Waals surface area contributed by atoms with Crippen molar-refractivity contribution in [2.24, 2.45) is 5.92 Å². The number of esters is 1. The molecule has 3 nitrogen and oxygen atoms in total. The molecule has 1 heterocycles. The highest BCUT2D eigenvalue weighted by Crippen LogP contribution is 2.38. The van der Waals surface area contributed by atoms with Gasteiger partial charge in [-0.3, -0.25) is 4.79 Å². The first-order chi connectivity index (χ1) is 10.5. The second-order valence-electron chi connectivity index (χ2n) is 6.74. The van der Waals surface area contributed by atoms with Gasteiger partial charge in [-0.05, 0) is 42.7 Å². The maximum atomic E-state index is 11.4. The average molecular weight is 300 g/mol. The molecule has 1 aliphatic carbocycles. The molecule has 1 saturated heterocycles. The van der Waals surface area contributed by atoms with Crippen LogP contribution in [-0.2, 0) is 9.53 Å². The van der Waals surface area contributed by atoms with Gasteiger partial charge in [0.2, 0.25) is 0 Å². The van der Waals surface area contributed by atoms with Crippen LogP contribution in [0.4, 0.5) is 0 Å². The summed E-state index contributed by atoms with van der Waals surface area (Å²) in [6.07, 6.45) is 6.32. The molecule has 1 fully saturated rings. The van der Waals surface area contributed by atoms with Crippen molar-refractivity contribution in [3.63, 3.8) is 0 Å². The third kappa shape index (κ3) is 3.25. The number of aryl methyl sites for hydroxylation is 1. The number of fused-ring (bicyclic) bond motifs is 1. The highest BCUT2D eigenvalue weighted by atomic mass is 16.5. The largest absolute Gasteiger partial charge is 0.462 e. The number of cyclic esters (lactones) is 1. The van der Waals surface area contributed by atoms with E-state index in [0.717, 1.165) is 12.8 Å². The van der Waals surface area contributed by atoms with E-state index < -0.39 is 6.10 Å². The van der Waals surface area contributed by atoms with Gasteiger partial charge in [0, 0.05) is 6.42 Å². The Morgan fingerprint density at radius 2 is 2.14 bits per heavy atom. The number of aliphatic hydroxyl groups excluding tert-OH is 1. The normalized spacial score (nSPS) is 30.8. The molecule has 3 heteroatoms. The average Bonchev–Trinajstić information content (AvgIpc) is 2.45. The molecule has 0 spiro atoms. The number of carbonyl (C=O) groups is 1. The third-order valence-corrected chi connectivity index (χ3v) is 4.89. The lowest BCUT2D eigenvalue weighted by molar-refractivity contribution is -0.160. The van der Waals surface area contributed by atoms with Crippen molar-refractivity contribution in [1.82, 2.24) is 0 Å². The summed E-state index contributed by atoms with van der Waals surface area (Å²) in [4.78, 5) is 11.4. The first-order valence-electron chi connectivity index (χ1n) is 8.19. The number of hydrogen-bond acceptors (Lipinski definition) is 3. The third-order valence-electron chi connectivity index (χ3n) is 4.89. The van der Waals surface area contributed by atoms with E-state index in [1.165, 1.54) is 16.7 Å². The predicted molar refractivity (Wildman–Crippen MR) is 86.5 cm³/mol. The molecule has 0 saturated carbocycles. The second kappa shape index (κ2) is 6.25. The lowest BCUT2D eigenvalue weighted by Crippen LogP contribution is -2.33. The summed E-state index contributed by atoms with van der Waals surface area (Å²) in [6, 6.07) is 6.63. The molecule has 0 radical (unpaired) electrons. The summed E-state index contributed by atoms with van der Waals surface area (Å²) >= 11 is 0. The van der Waals surface area contributed by atoms with E-state index in [-0.39, 0.29) is 18.5 Å². The minimum atomic E-state index is -0.537. The zero-order chi connectivity index (χ0) is 15.7. The predicted octanol–water partition coefficient (Wildman–Crippen LogP) is 3.59.